The van der Waals surface area contributed by atoms with Gasteiger partial charge in [-0.3, -0.25) is 4.79 Å². The first kappa shape index (κ1) is 34.8. The monoisotopic (exact) mass is 672 g/mol. The summed E-state index contributed by atoms with van der Waals surface area (Å²) in [6, 6.07) is 1.32. The third-order valence-corrected chi connectivity index (χ3v) is 10.8. The highest BCUT2D eigenvalue weighted by atomic mass is 16.7. The molecule has 8 N–H and O–H groups in total. The van der Waals surface area contributed by atoms with E-state index in [2.05, 4.69) is 0 Å². The summed E-state index contributed by atoms with van der Waals surface area (Å²) in [7, 11) is 0. The van der Waals surface area contributed by atoms with Gasteiger partial charge >= 0.3 is 11.6 Å². The number of aliphatic hydroxyl groups excluding tert-OH is 8. The molecule has 16 heteroatoms. The van der Waals surface area contributed by atoms with Crippen LogP contribution in [0.25, 0.3) is 0 Å². The Morgan fingerprint density at radius 1 is 0.830 bits per heavy atom. The summed E-state index contributed by atoms with van der Waals surface area (Å²) in [6.45, 7) is 5.71. The quantitative estimate of drug-likeness (QED) is 0.138. The van der Waals surface area contributed by atoms with E-state index >= 15 is 0 Å². The van der Waals surface area contributed by atoms with Crippen molar-refractivity contribution >= 4 is 5.97 Å². The number of carbonyl (C=O) groups excluding carboxylic acids is 1. The van der Waals surface area contributed by atoms with Crippen molar-refractivity contribution in [2.24, 2.45) is 11.3 Å². The number of carbonyl (C=O) groups is 1. The number of aliphatic hydroxyl groups is 8. The Morgan fingerprint density at radius 2 is 1.43 bits per heavy atom. The number of hydrogen-bond donors (Lipinski definition) is 8. The lowest BCUT2D eigenvalue weighted by atomic mass is 9.49. The molecule has 0 aromatic carbocycles. The second kappa shape index (κ2) is 12.4. The Labute approximate surface area is 269 Å². The van der Waals surface area contributed by atoms with Gasteiger partial charge in [0.2, 0.25) is 0 Å². The molecule has 5 aliphatic rings. The summed E-state index contributed by atoms with van der Waals surface area (Å²) in [4.78, 5) is 26.3. The van der Waals surface area contributed by atoms with Gasteiger partial charge in [-0.25, -0.2) is 4.79 Å². The highest BCUT2D eigenvalue weighted by Gasteiger charge is 2.69. The van der Waals surface area contributed by atoms with Crippen LogP contribution < -0.4 is 5.63 Å². The Morgan fingerprint density at radius 3 is 2.04 bits per heavy atom. The Bertz CT molecular complexity index is 1400. The fourth-order valence-electron chi connectivity index (χ4n) is 8.60. The highest BCUT2D eigenvalue weighted by molar-refractivity contribution is 5.81. The highest BCUT2D eigenvalue weighted by Crippen LogP contribution is 2.64. The van der Waals surface area contributed by atoms with Crippen LogP contribution in [0.2, 0.25) is 0 Å². The van der Waals surface area contributed by atoms with E-state index < -0.39 is 121 Å². The minimum absolute atomic E-state index is 0.0697. The molecule has 0 radical (unpaired) electrons. The molecule has 264 valence electrons. The van der Waals surface area contributed by atoms with Crippen LogP contribution in [0.5, 0.6) is 0 Å². The summed E-state index contributed by atoms with van der Waals surface area (Å²) in [5, 5.41) is 84.1. The number of esters is 1. The second-order valence-electron chi connectivity index (χ2n) is 14.2. The van der Waals surface area contributed by atoms with Crippen LogP contribution in [0.4, 0.5) is 0 Å². The molecule has 16 atom stereocenters. The van der Waals surface area contributed by atoms with E-state index in [1.54, 1.807) is 6.92 Å². The predicted octanol–water partition coefficient (Wildman–Crippen LogP) is -2.58. The maximum Gasteiger partial charge on any atom is 0.336 e. The first-order chi connectivity index (χ1) is 22.1. The van der Waals surface area contributed by atoms with Crippen molar-refractivity contribution in [1.29, 1.82) is 0 Å². The molecular weight excluding hydrogens is 628 g/mol. The van der Waals surface area contributed by atoms with Gasteiger partial charge in [0.15, 0.2) is 12.6 Å². The molecule has 1 aromatic heterocycles. The summed E-state index contributed by atoms with van der Waals surface area (Å²) >= 11 is 0. The van der Waals surface area contributed by atoms with Crippen LogP contribution in [0, 0.1) is 11.3 Å². The molecule has 47 heavy (non-hydrogen) atoms. The molecule has 1 saturated carbocycles. The molecule has 4 heterocycles. The van der Waals surface area contributed by atoms with Gasteiger partial charge in [-0.1, -0.05) is 20.8 Å². The first-order valence-electron chi connectivity index (χ1n) is 15.9. The van der Waals surface area contributed by atoms with Gasteiger partial charge in [-0.05, 0) is 25.3 Å². The Balaban J connectivity index is 1.31. The van der Waals surface area contributed by atoms with E-state index in [-0.39, 0.29) is 24.5 Å². The van der Waals surface area contributed by atoms with Gasteiger partial charge in [0.05, 0.1) is 24.7 Å². The standard InChI is InChI=1S/C31H44O16/c1-10(2)23-16-12(5-15(34)45-23)30(3)6-11(7-31(4)26(30)25(19(16)37)47-29(31)41)42-28-22(40)24(18(36)14(9-33)44-28)46-27-21(39)20(38)17(35)13(8-32)43-27/h5,10-11,13-14,17-22,24-28,32-33,35-40H,6-9H2,1-4H3/t11-,13-,14-,17-,18-,19-,20+,21-,22-,24+,25-,26-,27+,28-,30-,31+/m1/s1. The minimum Gasteiger partial charge on any atom is -0.458 e. The number of fused-ring (bicyclic) bond motifs is 2. The van der Waals surface area contributed by atoms with Gasteiger partial charge < -0.3 is 69.0 Å². The van der Waals surface area contributed by atoms with E-state index in [1.165, 1.54) is 6.07 Å². The van der Waals surface area contributed by atoms with Crippen molar-refractivity contribution in [3.63, 3.8) is 0 Å². The van der Waals surface area contributed by atoms with E-state index in [1.807, 2.05) is 20.8 Å². The lowest BCUT2D eigenvalue weighted by Gasteiger charge is -2.55. The van der Waals surface area contributed by atoms with Gasteiger partial charge in [-0.2, -0.15) is 0 Å². The van der Waals surface area contributed by atoms with E-state index in [0.29, 0.717) is 11.1 Å². The molecule has 3 saturated heterocycles. The van der Waals surface area contributed by atoms with Crippen molar-refractivity contribution in [2.45, 2.75) is 132 Å². The first-order valence-corrected chi connectivity index (χ1v) is 15.9. The van der Waals surface area contributed by atoms with E-state index in [9.17, 15) is 50.4 Å². The zero-order valence-electron chi connectivity index (χ0n) is 26.4. The number of hydrogen-bond acceptors (Lipinski definition) is 16. The van der Waals surface area contributed by atoms with Gasteiger partial charge in [-0.15, -0.1) is 0 Å². The van der Waals surface area contributed by atoms with Crippen LogP contribution >= 0.6 is 0 Å². The maximum absolute atomic E-state index is 13.5. The second-order valence-corrected chi connectivity index (χ2v) is 14.2. The van der Waals surface area contributed by atoms with Gasteiger partial charge in [0.1, 0.15) is 66.8 Å². The molecule has 4 fully saturated rings. The topological polar surface area (TPSA) is 255 Å². The predicted molar refractivity (Wildman–Crippen MR) is 153 cm³/mol. The molecular formula is C31H44O16. The fourth-order valence-corrected chi connectivity index (χ4v) is 8.60. The zero-order valence-corrected chi connectivity index (χ0v) is 26.4. The molecule has 0 amide bonds. The van der Waals surface area contributed by atoms with Crippen molar-refractivity contribution in [1.82, 2.24) is 0 Å². The summed E-state index contributed by atoms with van der Waals surface area (Å²) < 4.78 is 34.5. The van der Waals surface area contributed by atoms with Crippen LogP contribution in [-0.4, -0.2) is 134 Å². The zero-order chi connectivity index (χ0) is 34.3. The third-order valence-electron chi connectivity index (χ3n) is 10.8. The Hall–Kier alpha value is -2.06. The van der Waals surface area contributed by atoms with E-state index in [4.69, 9.17) is 28.1 Å². The van der Waals surface area contributed by atoms with Crippen LogP contribution in [0.1, 0.15) is 69.4 Å². The SMILES string of the molecule is CC(C)c1oc(=O)cc2c1[C@@H](O)[C@H]1OC(=O)[C@@]3(C)C[C@H](O[C@@H]4O[C@H](CO)[C@@H](O)[C@H](O[C@@H]5O[C@H](CO)[C@@H](O)[C@H](O)[C@H]5O)[C@H]4O)C[C@@]2(C)[C@@H]13. The summed E-state index contributed by atoms with van der Waals surface area (Å²) in [5.74, 6) is -1.12. The molecule has 2 aliphatic carbocycles. The van der Waals surface area contributed by atoms with Crippen molar-refractivity contribution < 1.29 is 73.7 Å². The third kappa shape index (κ3) is 5.37. The van der Waals surface area contributed by atoms with Crippen molar-refractivity contribution in [3.8, 4) is 0 Å². The Kier molecular flexibility index (Phi) is 9.15. The smallest absolute Gasteiger partial charge is 0.336 e. The molecule has 16 nitrogen and oxygen atoms in total. The number of rotatable bonds is 7. The van der Waals surface area contributed by atoms with Gasteiger partial charge in [0.25, 0.3) is 0 Å². The molecule has 0 bridgehead atoms. The molecule has 3 aliphatic heterocycles. The fraction of sp³-hybridized carbons (Fsp3) is 0.806. The van der Waals surface area contributed by atoms with Gasteiger partial charge in [0, 0.05) is 28.9 Å². The lowest BCUT2D eigenvalue weighted by Crippen LogP contribution is -2.65. The molecule has 0 spiro atoms. The van der Waals surface area contributed by atoms with Crippen molar-refractivity contribution in [3.05, 3.63) is 33.4 Å². The number of ether oxygens (including phenoxy) is 5. The lowest BCUT2D eigenvalue weighted by molar-refractivity contribution is -0.365. The van der Waals surface area contributed by atoms with E-state index in [0.717, 1.165) is 0 Å². The molecule has 6 rings (SSSR count). The summed E-state index contributed by atoms with van der Waals surface area (Å²) in [5.41, 5.74) is -1.90. The van der Waals surface area contributed by atoms with Crippen LogP contribution in [0.15, 0.2) is 15.3 Å². The van der Waals surface area contributed by atoms with Crippen LogP contribution in [0.3, 0.4) is 0 Å². The average molecular weight is 673 g/mol. The normalized spacial score (nSPS) is 47.8. The van der Waals surface area contributed by atoms with Crippen LogP contribution in [-0.2, 0) is 33.9 Å². The maximum atomic E-state index is 13.5. The summed E-state index contributed by atoms with van der Waals surface area (Å²) in [6.07, 6.45) is -19.1. The molecule has 1 aromatic rings. The average Bonchev–Trinajstić information content (AvgIpc) is 3.29. The minimum atomic E-state index is -1.84. The van der Waals surface area contributed by atoms with Crippen molar-refractivity contribution in [2.75, 3.05) is 13.2 Å². The largest absolute Gasteiger partial charge is 0.458 e. The molecule has 0 unspecified atom stereocenters.